The second-order valence-corrected chi connectivity index (χ2v) is 14.1. The van der Waals surface area contributed by atoms with Gasteiger partial charge in [0.15, 0.2) is 0 Å². The van der Waals surface area contributed by atoms with Crippen LogP contribution in [-0.2, 0) is 29.1 Å². The topological polar surface area (TPSA) is 61.4 Å². The van der Waals surface area contributed by atoms with Crippen molar-refractivity contribution in [3.8, 4) is 5.75 Å². The summed E-state index contributed by atoms with van der Waals surface area (Å²) in [5.74, 6) is -1.30. The number of urea groups is 1. The Bertz CT molecular complexity index is 1410. The van der Waals surface area contributed by atoms with Gasteiger partial charge in [-0.05, 0) is 69.7 Å². The number of anilines is 1. The number of hydrogen-bond acceptors (Lipinski definition) is 2. The summed E-state index contributed by atoms with van der Waals surface area (Å²) in [6.07, 6.45) is 0.729. The van der Waals surface area contributed by atoms with Crippen LogP contribution in [-0.4, -0.2) is 17.7 Å². The average molecular weight is 606 g/mol. The highest BCUT2D eigenvalue weighted by atomic mass is 35.5. The first-order valence-corrected chi connectivity index (χ1v) is 14.4. The number of halogens is 4. The van der Waals surface area contributed by atoms with Gasteiger partial charge in [-0.1, -0.05) is 96.8 Å². The molecule has 0 saturated heterocycles. The van der Waals surface area contributed by atoms with Crippen LogP contribution in [0.2, 0.25) is 10.0 Å². The first-order valence-electron chi connectivity index (χ1n) is 13.6. The number of carbonyl (C=O) groups excluding carboxylic acids is 1. The Labute approximate surface area is 252 Å². The Balaban J connectivity index is 1.82. The molecular formula is C33H40Cl2F2N2O2. The van der Waals surface area contributed by atoms with Crippen molar-refractivity contribution in [1.29, 1.82) is 0 Å². The molecule has 2 amide bonds. The van der Waals surface area contributed by atoms with Gasteiger partial charge in [-0.3, -0.25) is 0 Å². The summed E-state index contributed by atoms with van der Waals surface area (Å²) in [5.41, 5.74) is 2.60. The molecule has 0 bridgehead atoms. The van der Waals surface area contributed by atoms with Gasteiger partial charge >= 0.3 is 6.03 Å². The SMILES string of the molecule is CC(C)(C)c1cc(CCc2cc(F)cc(F)c2NC(=O)NCC(C)(C)c2ccc(Cl)c(Cl)c2)cc(C(C)(C)C)c1O. The van der Waals surface area contributed by atoms with E-state index in [9.17, 15) is 18.7 Å². The maximum Gasteiger partial charge on any atom is 0.319 e. The van der Waals surface area contributed by atoms with Crippen LogP contribution in [0.5, 0.6) is 5.75 Å². The predicted molar refractivity (Wildman–Crippen MR) is 166 cm³/mol. The zero-order valence-electron chi connectivity index (χ0n) is 25.0. The van der Waals surface area contributed by atoms with E-state index in [-0.39, 0.29) is 35.2 Å². The van der Waals surface area contributed by atoms with E-state index in [4.69, 9.17) is 23.2 Å². The summed E-state index contributed by atoms with van der Waals surface area (Å²) in [5, 5.41) is 17.3. The molecule has 0 aliphatic carbocycles. The summed E-state index contributed by atoms with van der Waals surface area (Å²) in [6, 6.07) is 10.6. The highest BCUT2D eigenvalue weighted by Gasteiger charge is 2.27. The minimum atomic E-state index is -0.852. The molecule has 0 heterocycles. The van der Waals surface area contributed by atoms with Crippen molar-refractivity contribution in [2.45, 2.75) is 84.5 Å². The minimum Gasteiger partial charge on any atom is -0.507 e. The number of carbonyl (C=O) groups is 1. The minimum absolute atomic E-state index is 0.0675. The molecule has 8 heteroatoms. The number of hydrogen-bond donors (Lipinski definition) is 3. The molecule has 0 aliphatic heterocycles. The number of amides is 2. The van der Waals surface area contributed by atoms with E-state index >= 15 is 0 Å². The molecule has 0 radical (unpaired) electrons. The highest BCUT2D eigenvalue weighted by Crippen LogP contribution is 2.40. The van der Waals surface area contributed by atoms with Gasteiger partial charge in [-0.25, -0.2) is 13.6 Å². The van der Waals surface area contributed by atoms with Crippen molar-refractivity contribution < 1.29 is 18.7 Å². The van der Waals surface area contributed by atoms with Crippen LogP contribution in [0.25, 0.3) is 0 Å². The van der Waals surface area contributed by atoms with Crippen molar-refractivity contribution in [2.75, 3.05) is 11.9 Å². The van der Waals surface area contributed by atoms with Crippen LogP contribution >= 0.6 is 23.2 Å². The zero-order chi connectivity index (χ0) is 30.9. The molecule has 4 nitrogen and oxygen atoms in total. The first kappa shape index (κ1) is 32.7. The lowest BCUT2D eigenvalue weighted by Gasteiger charge is -2.28. The lowest BCUT2D eigenvalue weighted by Crippen LogP contribution is -2.39. The van der Waals surface area contributed by atoms with Crippen LogP contribution in [0, 0.1) is 11.6 Å². The molecule has 3 aromatic carbocycles. The van der Waals surface area contributed by atoms with E-state index in [1.165, 1.54) is 6.07 Å². The van der Waals surface area contributed by atoms with Gasteiger partial charge in [-0.2, -0.15) is 0 Å². The van der Waals surface area contributed by atoms with Crippen molar-refractivity contribution in [2.24, 2.45) is 0 Å². The van der Waals surface area contributed by atoms with E-state index < -0.39 is 23.1 Å². The fraction of sp³-hybridized carbons (Fsp3) is 0.424. The van der Waals surface area contributed by atoms with Gasteiger partial charge in [0.2, 0.25) is 0 Å². The van der Waals surface area contributed by atoms with E-state index in [2.05, 4.69) is 10.6 Å². The molecule has 3 rings (SSSR count). The molecule has 0 unspecified atom stereocenters. The van der Waals surface area contributed by atoms with Crippen LogP contribution < -0.4 is 10.6 Å². The maximum absolute atomic E-state index is 15.0. The number of rotatable bonds is 7. The second kappa shape index (κ2) is 12.2. The molecule has 0 saturated carbocycles. The predicted octanol–water partition coefficient (Wildman–Crippen LogP) is 9.46. The third kappa shape index (κ3) is 8.14. The lowest BCUT2D eigenvalue weighted by atomic mass is 9.78. The molecular weight excluding hydrogens is 565 g/mol. The van der Waals surface area contributed by atoms with Crippen LogP contribution in [0.1, 0.15) is 83.2 Å². The number of aryl methyl sites for hydroxylation is 2. The summed E-state index contributed by atoms with van der Waals surface area (Å²) in [4.78, 5) is 12.9. The molecule has 0 spiro atoms. The first-order chi connectivity index (χ1) is 18.8. The quantitative estimate of drug-likeness (QED) is 0.251. The molecule has 0 aliphatic rings. The molecule has 3 aromatic rings. The number of phenols is 1. The highest BCUT2D eigenvalue weighted by molar-refractivity contribution is 6.42. The maximum atomic E-state index is 15.0. The van der Waals surface area contributed by atoms with E-state index in [1.807, 2.05) is 73.6 Å². The molecule has 41 heavy (non-hydrogen) atoms. The van der Waals surface area contributed by atoms with Gasteiger partial charge in [-0.15, -0.1) is 0 Å². The van der Waals surface area contributed by atoms with Crippen LogP contribution in [0.3, 0.4) is 0 Å². The molecule has 0 aromatic heterocycles. The van der Waals surface area contributed by atoms with Gasteiger partial charge in [0.05, 0.1) is 15.7 Å². The molecule has 3 N–H and O–H groups in total. The Kier molecular flexibility index (Phi) is 9.71. The van der Waals surface area contributed by atoms with Gasteiger partial charge in [0.1, 0.15) is 17.4 Å². The Morgan fingerprint density at radius 3 is 1.95 bits per heavy atom. The summed E-state index contributed by atoms with van der Waals surface area (Å²) < 4.78 is 29.3. The van der Waals surface area contributed by atoms with Crippen molar-refractivity contribution in [3.63, 3.8) is 0 Å². The lowest BCUT2D eigenvalue weighted by molar-refractivity contribution is 0.249. The largest absolute Gasteiger partial charge is 0.507 e. The fourth-order valence-electron chi connectivity index (χ4n) is 4.70. The summed E-state index contributed by atoms with van der Waals surface area (Å²) in [6.45, 7) is 16.3. The van der Waals surface area contributed by atoms with Crippen LogP contribution in [0.4, 0.5) is 19.3 Å². The van der Waals surface area contributed by atoms with Gasteiger partial charge in [0.25, 0.3) is 0 Å². The van der Waals surface area contributed by atoms with Crippen LogP contribution in [0.15, 0.2) is 42.5 Å². The Hall–Kier alpha value is -2.83. The van der Waals surface area contributed by atoms with Crippen molar-refractivity contribution in [1.82, 2.24) is 5.32 Å². The fourth-order valence-corrected chi connectivity index (χ4v) is 5.00. The molecule has 0 fully saturated rings. The zero-order valence-corrected chi connectivity index (χ0v) is 26.5. The van der Waals surface area contributed by atoms with Gasteiger partial charge < -0.3 is 15.7 Å². The Morgan fingerprint density at radius 2 is 1.41 bits per heavy atom. The summed E-state index contributed by atoms with van der Waals surface area (Å²) >= 11 is 12.2. The second-order valence-electron chi connectivity index (χ2n) is 13.3. The monoisotopic (exact) mass is 604 g/mol. The molecule has 222 valence electrons. The third-order valence-corrected chi connectivity index (χ3v) is 7.97. The van der Waals surface area contributed by atoms with Crippen molar-refractivity contribution >= 4 is 34.9 Å². The number of aromatic hydroxyl groups is 1. The van der Waals surface area contributed by atoms with Crippen molar-refractivity contribution in [3.05, 3.63) is 92.0 Å². The molecule has 0 atom stereocenters. The average Bonchev–Trinajstić information content (AvgIpc) is 2.84. The number of phenolic OH excluding ortho intramolecular Hbond substituents is 1. The number of nitrogens with one attached hydrogen (secondary N) is 2. The normalized spacial score (nSPS) is 12.4. The number of benzene rings is 3. The summed E-state index contributed by atoms with van der Waals surface area (Å²) in [7, 11) is 0. The standard InChI is InChI=1S/C33H40Cl2F2N2O2/c1-31(2,3)23-13-19(14-24(29(23)40)32(4,5)6)9-10-20-15-22(36)17-27(37)28(20)39-30(41)38-18-33(7,8)21-11-12-25(34)26(35)16-21/h11-17,40H,9-10,18H2,1-8H3,(H2,38,39,41). The van der Waals surface area contributed by atoms with E-state index in [0.29, 0.717) is 22.0 Å². The van der Waals surface area contributed by atoms with E-state index in [0.717, 1.165) is 28.3 Å². The van der Waals surface area contributed by atoms with E-state index in [1.54, 1.807) is 12.1 Å². The third-order valence-electron chi connectivity index (χ3n) is 7.24. The smallest absolute Gasteiger partial charge is 0.319 e. The van der Waals surface area contributed by atoms with Gasteiger partial charge in [0, 0.05) is 18.0 Å². The Morgan fingerprint density at radius 1 is 0.829 bits per heavy atom.